The van der Waals surface area contributed by atoms with Gasteiger partial charge < -0.3 is 15.3 Å². The number of halogens is 1. The number of aliphatic hydroxyl groups is 1. The number of benzene rings is 1. The Morgan fingerprint density at radius 2 is 2.00 bits per heavy atom. The molecule has 1 aliphatic rings. The molecule has 19 heavy (non-hydrogen) atoms. The molecule has 0 saturated carbocycles. The molecule has 1 fully saturated rings. The van der Waals surface area contributed by atoms with Gasteiger partial charge in [-0.25, -0.2) is 4.39 Å². The summed E-state index contributed by atoms with van der Waals surface area (Å²) in [6.07, 6.45) is 2.06. The van der Waals surface area contributed by atoms with Crippen LogP contribution in [0.25, 0.3) is 0 Å². The normalized spacial score (nSPS) is 19.5. The van der Waals surface area contributed by atoms with Crippen LogP contribution in [-0.2, 0) is 0 Å². The zero-order valence-electron chi connectivity index (χ0n) is 11.5. The van der Waals surface area contributed by atoms with E-state index in [9.17, 15) is 9.50 Å². The molecule has 0 aromatic heterocycles. The minimum atomic E-state index is -0.396. The highest BCUT2D eigenvalue weighted by molar-refractivity contribution is 5.20. The fraction of sp³-hybridized carbons (Fsp3) is 0.600. The zero-order chi connectivity index (χ0) is 13.7. The van der Waals surface area contributed by atoms with Crippen molar-refractivity contribution in [2.24, 2.45) is 0 Å². The number of nitrogens with zero attached hydrogens (tertiary/aromatic N) is 1. The van der Waals surface area contributed by atoms with Gasteiger partial charge in [0.25, 0.3) is 0 Å². The van der Waals surface area contributed by atoms with Gasteiger partial charge in [0, 0.05) is 24.7 Å². The lowest BCUT2D eigenvalue weighted by Crippen LogP contribution is -2.38. The fourth-order valence-corrected chi connectivity index (χ4v) is 2.58. The van der Waals surface area contributed by atoms with Crippen molar-refractivity contribution in [2.45, 2.75) is 31.9 Å². The molecule has 1 aromatic rings. The average molecular weight is 266 g/mol. The SMILES string of the molecule is C[C@@H](NCC(O)CN1CCCC1)c1ccccc1F. The Hall–Kier alpha value is -0.970. The van der Waals surface area contributed by atoms with E-state index in [1.165, 1.54) is 18.9 Å². The Morgan fingerprint density at radius 1 is 1.32 bits per heavy atom. The van der Waals surface area contributed by atoms with Gasteiger partial charge in [-0.2, -0.15) is 0 Å². The third-order valence-corrected chi connectivity index (χ3v) is 3.70. The van der Waals surface area contributed by atoms with E-state index >= 15 is 0 Å². The summed E-state index contributed by atoms with van der Waals surface area (Å²) >= 11 is 0. The highest BCUT2D eigenvalue weighted by Crippen LogP contribution is 2.16. The summed E-state index contributed by atoms with van der Waals surface area (Å²) < 4.78 is 13.6. The van der Waals surface area contributed by atoms with Crippen LogP contribution < -0.4 is 5.32 Å². The number of aliphatic hydroxyl groups excluding tert-OH is 1. The highest BCUT2D eigenvalue weighted by atomic mass is 19.1. The summed E-state index contributed by atoms with van der Waals surface area (Å²) in [6.45, 7) is 5.28. The van der Waals surface area contributed by atoms with E-state index in [0.717, 1.165) is 13.1 Å². The molecule has 2 atom stereocenters. The van der Waals surface area contributed by atoms with Crippen molar-refractivity contribution in [1.29, 1.82) is 0 Å². The number of nitrogens with one attached hydrogen (secondary N) is 1. The van der Waals surface area contributed by atoms with Crippen molar-refractivity contribution in [1.82, 2.24) is 10.2 Å². The number of likely N-dealkylation sites (tertiary alicyclic amines) is 1. The second-order valence-electron chi connectivity index (χ2n) is 5.31. The number of β-amino-alcohol motifs (C(OH)–C–C–N with tert-alkyl or cyclic N) is 1. The molecular formula is C15H23FN2O. The van der Waals surface area contributed by atoms with Crippen molar-refractivity contribution in [2.75, 3.05) is 26.2 Å². The van der Waals surface area contributed by atoms with Gasteiger partial charge in [0.1, 0.15) is 5.82 Å². The van der Waals surface area contributed by atoms with Crippen LogP contribution in [0.2, 0.25) is 0 Å². The summed E-state index contributed by atoms with van der Waals surface area (Å²) in [5, 5.41) is 13.2. The number of hydrogen-bond acceptors (Lipinski definition) is 3. The molecule has 0 radical (unpaired) electrons. The molecule has 2 rings (SSSR count). The molecule has 1 heterocycles. The minimum Gasteiger partial charge on any atom is -0.390 e. The van der Waals surface area contributed by atoms with Gasteiger partial charge in [0.05, 0.1) is 6.10 Å². The molecule has 0 bridgehead atoms. The fourth-order valence-electron chi connectivity index (χ4n) is 2.58. The minimum absolute atomic E-state index is 0.0885. The Balaban J connectivity index is 1.76. The van der Waals surface area contributed by atoms with E-state index in [0.29, 0.717) is 18.7 Å². The first-order valence-electron chi connectivity index (χ1n) is 7.05. The molecule has 2 N–H and O–H groups in total. The molecule has 106 valence electrons. The Kier molecular flexibility index (Phi) is 5.31. The first-order chi connectivity index (χ1) is 9.16. The summed E-state index contributed by atoms with van der Waals surface area (Å²) in [6, 6.07) is 6.67. The standard InChI is InChI=1S/C15H23FN2O/c1-12(14-6-2-3-7-15(14)16)17-10-13(19)11-18-8-4-5-9-18/h2-3,6-7,12-13,17,19H,4-5,8-11H2,1H3/t12-,13?/m1/s1. The molecule has 1 aromatic carbocycles. The lowest BCUT2D eigenvalue weighted by atomic mass is 10.1. The Bertz CT molecular complexity index is 393. The molecule has 0 aliphatic carbocycles. The molecule has 1 saturated heterocycles. The maximum absolute atomic E-state index is 13.6. The van der Waals surface area contributed by atoms with Crippen LogP contribution >= 0.6 is 0 Å². The smallest absolute Gasteiger partial charge is 0.127 e. The predicted molar refractivity (Wildman–Crippen MR) is 74.5 cm³/mol. The molecule has 4 heteroatoms. The predicted octanol–water partition coefficient (Wildman–Crippen LogP) is 1.93. The second kappa shape index (κ2) is 6.98. The summed E-state index contributed by atoms with van der Waals surface area (Å²) in [7, 11) is 0. The van der Waals surface area contributed by atoms with Crippen LogP contribution in [-0.4, -0.2) is 42.3 Å². The maximum atomic E-state index is 13.6. The van der Waals surface area contributed by atoms with Crippen molar-refractivity contribution >= 4 is 0 Å². The largest absolute Gasteiger partial charge is 0.390 e. The average Bonchev–Trinajstić information content (AvgIpc) is 2.89. The van der Waals surface area contributed by atoms with Gasteiger partial charge in [-0.3, -0.25) is 0 Å². The Labute approximate surface area is 114 Å². The van der Waals surface area contributed by atoms with E-state index in [2.05, 4.69) is 10.2 Å². The molecule has 1 unspecified atom stereocenters. The van der Waals surface area contributed by atoms with Gasteiger partial charge in [0.15, 0.2) is 0 Å². The second-order valence-corrected chi connectivity index (χ2v) is 5.31. The Morgan fingerprint density at radius 3 is 2.68 bits per heavy atom. The van der Waals surface area contributed by atoms with Crippen LogP contribution in [0, 0.1) is 5.82 Å². The van der Waals surface area contributed by atoms with E-state index in [1.807, 2.05) is 13.0 Å². The number of hydrogen-bond donors (Lipinski definition) is 2. The first-order valence-corrected chi connectivity index (χ1v) is 7.05. The summed E-state index contributed by atoms with van der Waals surface area (Å²) in [4.78, 5) is 2.28. The van der Waals surface area contributed by atoms with Crippen LogP contribution in [0.5, 0.6) is 0 Å². The molecule has 3 nitrogen and oxygen atoms in total. The summed E-state index contributed by atoms with van der Waals surface area (Å²) in [5.41, 5.74) is 0.649. The van der Waals surface area contributed by atoms with Gasteiger partial charge in [-0.05, 0) is 38.9 Å². The third-order valence-electron chi connectivity index (χ3n) is 3.70. The van der Waals surface area contributed by atoms with Gasteiger partial charge in [0.2, 0.25) is 0 Å². The van der Waals surface area contributed by atoms with Gasteiger partial charge in [-0.1, -0.05) is 18.2 Å². The van der Waals surface area contributed by atoms with Crippen molar-refractivity contribution in [3.8, 4) is 0 Å². The van der Waals surface area contributed by atoms with Crippen molar-refractivity contribution < 1.29 is 9.50 Å². The molecule has 0 amide bonds. The van der Waals surface area contributed by atoms with E-state index in [-0.39, 0.29) is 11.9 Å². The maximum Gasteiger partial charge on any atom is 0.127 e. The van der Waals surface area contributed by atoms with Crippen LogP contribution in [0.1, 0.15) is 31.4 Å². The van der Waals surface area contributed by atoms with Crippen molar-refractivity contribution in [3.63, 3.8) is 0 Å². The highest BCUT2D eigenvalue weighted by Gasteiger charge is 2.17. The molecular weight excluding hydrogens is 243 g/mol. The van der Waals surface area contributed by atoms with E-state index in [4.69, 9.17) is 0 Å². The zero-order valence-corrected chi connectivity index (χ0v) is 11.5. The van der Waals surface area contributed by atoms with Gasteiger partial charge >= 0.3 is 0 Å². The molecule has 0 spiro atoms. The number of rotatable bonds is 6. The quantitative estimate of drug-likeness (QED) is 0.826. The van der Waals surface area contributed by atoms with Crippen molar-refractivity contribution in [3.05, 3.63) is 35.6 Å². The van der Waals surface area contributed by atoms with Crippen LogP contribution in [0.15, 0.2) is 24.3 Å². The van der Waals surface area contributed by atoms with E-state index in [1.54, 1.807) is 12.1 Å². The van der Waals surface area contributed by atoms with Crippen LogP contribution in [0.4, 0.5) is 4.39 Å². The topological polar surface area (TPSA) is 35.5 Å². The summed E-state index contributed by atoms with van der Waals surface area (Å²) in [5.74, 6) is -0.198. The van der Waals surface area contributed by atoms with Crippen LogP contribution in [0.3, 0.4) is 0 Å². The lowest BCUT2D eigenvalue weighted by molar-refractivity contribution is 0.121. The first kappa shape index (κ1) is 14.4. The lowest BCUT2D eigenvalue weighted by Gasteiger charge is -2.22. The van der Waals surface area contributed by atoms with Gasteiger partial charge in [-0.15, -0.1) is 0 Å². The monoisotopic (exact) mass is 266 g/mol. The van der Waals surface area contributed by atoms with E-state index < -0.39 is 6.10 Å². The molecule has 1 aliphatic heterocycles. The third kappa shape index (κ3) is 4.27.